The van der Waals surface area contributed by atoms with Gasteiger partial charge in [0.1, 0.15) is 10.4 Å². The zero-order valence-electron chi connectivity index (χ0n) is 12.1. The van der Waals surface area contributed by atoms with Gasteiger partial charge in [-0.3, -0.25) is 0 Å². The van der Waals surface area contributed by atoms with Gasteiger partial charge in [-0.05, 0) is 45.1 Å². The Labute approximate surface area is 122 Å². The van der Waals surface area contributed by atoms with Gasteiger partial charge >= 0.3 is 0 Å². The van der Waals surface area contributed by atoms with Crippen molar-refractivity contribution in [3.63, 3.8) is 0 Å². The molecule has 1 saturated carbocycles. The fraction of sp³-hybridized carbons (Fsp3) is 0.571. The van der Waals surface area contributed by atoms with E-state index in [2.05, 4.69) is 24.3 Å². The number of methoxy groups -OCH3 is 1. The van der Waals surface area contributed by atoms with E-state index in [-0.39, 0.29) is 5.60 Å². The molecular formula is C14H20N4OS. The van der Waals surface area contributed by atoms with E-state index in [1.165, 1.54) is 10.4 Å². The second-order valence-electron chi connectivity index (χ2n) is 5.41. The molecule has 0 aliphatic heterocycles. The minimum absolute atomic E-state index is 0.342. The molecule has 3 N–H and O–H groups in total. The van der Waals surface area contributed by atoms with E-state index in [0.717, 1.165) is 41.7 Å². The molecule has 20 heavy (non-hydrogen) atoms. The molecule has 0 unspecified atom stereocenters. The molecule has 2 aromatic heterocycles. The molecule has 2 heterocycles. The molecule has 1 aliphatic carbocycles. The van der Waals surface area contributed by atoms with Crippen molar-refractivity contribution in [2.75, 3.05) is 12.5 Å². The molecule has 1 fully saturated rings. The zero-order chi connectivity index (χ0) is 14.3. The van der Waals surface area contributed by atoms with E-state index >= 15 is 0 Å². The first-order chi connectivity index (χ1) is 9.61. The standard InChI is InChI=1S/C14H20N4OS/c1-8-9(2)20-12-10(8)11(18-15)16-13(17-12)14(19-3)6-4-5-7-14/h4-7,15H2,1-3H3,(H,16,17,18). The van der Waals surface area contributed by atoms with Crippen LogP contribution in [-0.4, -0.2) is 17.1 Å². The molecule has 2 aromatic rings. The largest absolute Gasteiger partial charge is 0.370 e. The average molecular weight is 292 g/mol. The summed E-state index contributed by atoms with van der Waals surface area (Å²) in [6.07, 6.45) is 4.26. The minimum atomic E-state index is -0.342. The number of aryl methyl sites for hydroxylation is 2. The molecule has 1 aliphatic rings. The molecule has 6 heteroatoms. The molecule has 0 spiro atoms. The Morgan fingerprint density at radius 1 is 1.25 bits per heavy atom. The van der Waals surface area contributed by atoms with Gasteiger partial charge in [-0.25, -0.2) is 15.8 Å². The van der Waals surface area contributed by atoms with Crippen molar-refractivity contribution < 1.29 is 4.74 Å². The summed E-state index contributed by atoms with van der Waals surface area (Å²) in [4.78, 5) is 11.7. The van der Waals surface area contributed by atoms with E-state index in [4.69, 9.17) is 15.6 Å². The minimum Gasteiger partial charge on any atom is -0.370 e. The third-order valence-electron chi connectivity index (χ3n) is 4.37. The van der Waals surface area contributed by atoms with E-state index in [0.29, 0.717) is 5.82 Å². The van der Waals surface area contributed by atoms with Crippen LogP contribution in [0.1, 0.15) is 41.9 Å². The zero-order valence-corrected chi connectivity index (χ0v) is 12.9. The first-order valence-corrected chi connectivity index (χ1v) is 7.73. The van der Waals surface area contributed by atoms with Crippen LogP contribution in [0, 0.1) is 13.8 Å². The SMILES string of the molecule is COC1(c2nc(NN)c3c(C)c(C)sc3n2)CCCC1. The van der Waals surface area contributed by atoms with Gasteiger partial charge in [0.25, 0.3) is 0 Å². The van der Waals surface area contributed by atoms with Crippen molar-refractivity contribution in [3.8, 4) is 0 Å². The van der Waals surface area contributed by atoms with Crippen molar-refractivity contribution in [2.24, 2.45) is 5.84 Å². The number of hydrazine groups is 1. The quantitative estimate of drug-likeness (QED) is 0.672. The van der Waals surface area contributed by atoms with Crippen LogP contribution in [-0.2, 0) is 10.3 Å². The lowest BCUT2D eigenvalue weighted by Crippen LogP contribution is -2.28. The van der Waals surface area contributed by atoms with Crippen LogP contribution in [0.2, 0.25) is 0 Å². The van der Waals surface area contributed by atoms with Crippen LogP contribution in [0.15, 0.2) is 0 Å². The van der Waals surface area contributed by atoms with E-state index in [9.17, 15) is 0 Å². The first-order valence-electron chi connectivity index (χ1n) is 6.91. The Kier molecular flexibility index (Phi) is 3.40. The number of fused-ring (bicyclic) bond motifs is 1. The maximum atomic E-state index is 5.78. The van der Waals surface area contributed by atoms with Crippen LogP contribution < -0.4 is 11.3 Å². The number of nitrogen functional groups attached to an aromatic ring is 1. The molecule has 0 saturated heterocycles. The number of thiophene rings is 1. The Morgan fingerprint density at radius 2 is 1.95 bits per heavy atom. The Morgan fingerprint density at radius 3 is 2.55 bits per heavy atom. The van der Waals surface area contributed by atoms with Crippen molar-refractivity contribution in [1.29, 1.82) is 0 Å². The second kappa shape index (κ2) is 4.95. The van der Waals surface area contributed by atoms with Crippen molar-refractivity contribution in [1.82, 2.24) is 9.97 Å². The van der Waals surface area contributed by atoms with Gasteiger partial charge in [0.2, 0.25) is 0 Å². The lowest BCUT2D eigenvalue weighted by Gasteiger charge is -2.26. The van der Waals surface area contributed by atoms with E-state index < -0.39 is 0 Å². The molecule has 0 amide bonds. The van der Waals surface area contributed by atoms with Crippen molar-refractivity contribution in [2.45, 2.75) is 45.1 Å². The molecule has 0 atom stereocenters. The number of nitrogens with zero attached hydrogens (tertiary/aromatic N) is 2. The maximum Gasteiger partial charge on any atom is 0.164 e. The number of hydrogen-bond acceptors (Lipinski definition) is 6. The third-order valence-corrected chi connectivity index (χ3v) is 5.48. The molecule has 5 nitrogen and oxygen atoms in total. The Hall–Kier alpha value is -1.24. The Balaban J connectivity index is 2.23. The van der Waals surface area contributed by atoms with Crippen molar-refractivity contribution in [3.05, 3.63) is 16.3 Å². The summed E-state index contributed by atoms with van der Waals surface area (Å²) in [6, 6.07) is 0. The lowest BCUT2D eigenvalue weighted by molar-refractivity contribution is -0.0158. The van der Waals surface area contributed by atoms with Crippen LogP contribution >= 0.6 is 11.3 Å². The number of ether oxygens (including phenoxy) is 1. The van der Waals surface area contributed by atoms with Gasteiger partial charge < -0.3 is 10.2 Å². The highest BCUT2D eigenvalue weighted by Crippen LogP contribution is 2.42. The number of aromatic nitrogens is 2. The third kappa shape index (κ3) is 1.90. The van der Waals surface area contributed by atoms with Gasteiger partial charge in [0.05, 0.1) is 5.39 Å². The number of rotatable bonds is 3. The van der Waals surface area contributed by atoms with Crippen molar-refractivity contribution >= 4 is 27.4 Å². The van der Waals surface area contributed by atoms with Gasteiger partial charge in [0, 0.05) is 12.0 Å². The van der Waals surface area contributed by atoms with E-state index in [1.54, 1.807) is 18.4 Å². The summed E-state index contributed by atoms with van der Waals surface area (Å²) in [5.41, 5.74) is 3.58. The number of nitrogens with one attached hydrogen (secondary N) is 1. The van der Waals surface area contributed by atoms with E-state index in [1.807, 2.05) is 0 Å². The predicted octanol–water partition coefficient (Wildman–Crippen LogP) is 3.01. The highest BCUT2D eigenvalue weighted by Gasteiger charge is 2.39. The van der Waals surface area contributed by atoms with Crippen LogP contribution in [0.25, 0.3) is 10.2 Å². The Bertz CT molecular complexity index is 646. The average Bonchev–Trinajstić information content (AvgIpc) is 3.05. The summed E-state index contributed by atoms with van der Waals surface area (Å²) in [5, 5.41) is 1.03. The second-order valence-corrected chi connectivity index (χ2v) is 6.61. The molecule has 3 rings (SSSR count). The van der Waals surface area contributed by atoms with Crippen LogP contribution in [0.5, 0.6) is 0 Å². The predicted molar refractivity (Wildman–Crippen MR) is 81.9 cm³/mol. The van der Waals surface area contributed by atoms with Crippen LogP contribution in [0.4, 0.5) is 5.82 Å². The topological polar surface area (TPSA) is 73.1 Å². The normalized spacial score (nSPS) is 17.8. The molecule has 0 aromatic carbocycles. The first kappa shape index (κ1) is 13.7. The van der Waals surface area contributed by atoms with Gasteiger partial charge in [-0.15, -0.1) is 11.3 Å². The molecule has 0 bridgehead atoms. The summed E-state index contributed by atoms with van der Waals surface area (Å²) < 4.78 is 5.78. The molecule has 108 valence electrons. The number of anilines is 1. The van der Waals surface area contributed by atoms with Gasteiger partial charge in [-0.1, -0.05) is 0 Å². The highest BCUT2D eigenvalue weighted by atomic mass is 32.1. The summed E-state index contributed by atoms with van der Waals surface area (Å²) in [7, 11) is 1.75. The smallest absolute Gasteiger partial charge is 0.164 e. The maximum absolute atomic E-state index is 5.78. The number of nitrogens with two attached hydrogens (primary N) is 1. The molecule has 0 radical (unpaired) electrons. The summed E-state index contributed by atoms with van der Waals surface area (Å²) in [6.45, 7) is 4.18. The fourth-order valence-electron chi connectivity index (χ4n) is 3.02. The highest BCUT2D eigenvalue weighted by molar-refractivity contribution is 7.18. The van der Waals surface area contributed by atoms with Gasteiger partial charge in [0.15, 0.2) is 11.6 Å². The molecular weight excluding hydrogens is 272 g/mol. The summed E-state index contributed by atoms with van der Waals surface area (Å²) >= 11 is 1.69. The summed E-state index contributed by atoms with van der Waals surface area (Å²) in [5.74, 6) is 7.14. The number of hydrogen-bond donors (Lipinski definition) is 2. The van der Waals surface area contributed by atoms with Gasteiger partial charge in [-0.2, -0.15) is 0 Å². The fourth-order valence-corrected chi connectivity index (χ4v) is 4.05. The monoisotopic (exact) mass is 292 g/mol. The van der Waals surface area contributed by atoms with Crippen LogP contribution in [0.3, 0.4) is 0 Å². The lowest BCUT2D eigenvalue weighted by atomic mass is 10.0.